The number of carbonyl (C=O) groups excluding carboxylic acids is 1. The molecule has 1 fully saturated rings. The maximum Gasteiger partial charge on any atom is 0.237 e. The lowest BCUT2D eigenvalue weighted by molar-refractivity contribution is -0.124. The van der Waals surface area contributed by atoms with Crippen LogP contribution in [0, 0.1) is 0 Å². The van der Waals surface area contributed by atoms with E-state index in [0.717, 1.165) is 19.4 Å². The van der Waals surface area contributed by atoms with Crippen molar-refractivity contribution in [2.45, 2.75) is 25.0 Å². The molecule has 3 N–H and O–H groups in total. The predicted molar refractivity (Wildman–Crippen MR) is 77.0 cm³/mol. The summed E-state index contributed by atoms with van der Waals surface area (Å²) in [5.74, 6) is 0.541. The molecule has 0 aromatic heterocycles. The number of carbonyl (C=O) groups is 1. The summed E-state index contributed by atoms with van der Waals surface area (Å²) in [7, 11) is 0. The molecule has 1 amide bonds. The van der Waals surface area contributed by atoms with Crippen molar-refractivity contribution >= 4 is 17.5 Å². The Morgan fingerprint density at radius 1 is 1.50 bits per heavy atom. The first-order valence-electron chi connectivity index (χ1n) is 6.73. The molecule has 1 aliphatic heterocycles. The van der Waals surface area contributed by atoms with E-state index in [-0.39, 0.29) is 18.6 Å². The Hall–Kier alpha value is -1.30. The third kappa shape index (κ3) is 4.37. The molecule has 2 rings (SSSR count). The van der Waals surface area contributed by atoms with Gasteiger partial charge in [0.2, 0.25) is 5.91 Å². The number of rotatable bonds is 6. The van der Waals surface area contributed by atoms with Gasteiger partial charge in [0.15, 0.2) is 0 Å². The Morgan fingerprint density at radius 2 is 2.30 bits per heavy atom. The average molecular weight is 299 g/mol. The zero-order valence-electron chi connectivity index (χ0n) is 11.1. The van der Waals surface area contributed by atoms with Gasteiger partial charge in [0.25, 0.3) is 0 Å². The van der Waals surface area contributed by atoms with Gasteiger partial charge in [-0.3, -0.25) is 4.79 Å². The van der Waals surface area contributed by atoms with Gasteiger partial charge in [0.1, 0.15) is 18.5 Å². The number of piperidine rings is 1. The van der Waals surface area contributed by atoms with E-state index in [4.69, 9.17) is 16.3 Å². The summed E-state index contributed by atoms with van der Waals surface area (Å²) in [5.41, 5.74) is 0. The second-order valence-electron chi connectivity index (χ2n) is 4.79. The lowest BCUT2D eigenvalue weighted by Crippen LogP contribution is -2.50. The number of aliphatic hydroxyl groups excluding tert-OH is 1. The topological polar surface area (TPSA) is 70.6 Å². The van der Waals surface area contributed by atoms with Crippen LogP contribution in [0.2, 0.25) is 5.02 Å². The SMILES string of the molecule is O=C1NCCCC1NCC(O)COc1ccccc1Cl. The Kier molecular flexibility index (Phi) is 5.64. The third-order valence-corrected chi connectivity index (χ3v) is 3.47. The van der Waals surface area contributed by atoms with E-state index in [1.54, 1.807) is 12.1 Å². The summed E-state index contributed by atoms with van der Waals surface area (Å²) in [4.78, 5) is 11.5. The monoisotopic (exact) mass is 298 g/mol. The predicted octanol–water partition coefficient (Wildman–Crippen LogP) is 0.948. The maximum atomic E-state index is 11.5. The molecule has 20 heavy (non-hydrogen) atoms. The van der Waals surface area contributed by atoms with E-state index < -0.39 is 6.10 Å². The van der Waals surface area contributed by atoms with Gasteiger partial charge < -0.3 is 20.5 Å². The fraction of sp³-hybridized carbons (Fsp3) is 0.500. The van der Waals surface area contributed by atoms with Crippen LogP contribution in [-0.2, 0) is 4.79 Å². The van der Waals surface area contributed by atoms with E-state index in [1.165, 1.54) is 0 Å². The standard InChI is InChI=1S/C14H19ClN2O3/c15-11-4-1-2-6-13(11)20-9-10(18)8-17-12-5-3-7-16-14(12)19/h1-2,4,6,10,12,17-18H,3,5,7-9H2,(H,16,19). The number of hydrogen-bond acceptors (Lipinski definition) is 4. The van der Waals surface area contributed by atoms with Crippen LogP contribution in [-0.4, -0.2) is 42.9 Å². The number of nitrogens with one attached hydrogen (secondary N) is 2. The van der Waals surface area contributed by atoms with Gasteiger partial charge in [-0.1, -0.05) is 23.7 Å². The first-order valence-corrected chi connectivity index (χ1v) is 7.11. The number of hydrogen-bond donors (Lipinski definition) is 3. The second kappa shape index (κ2) is 7.47. The number of benzene rings is 1. The minimum Gasteiger partial charge on any atom is -0.489 e. The summed E-state index contributed by atoms with van der Waals surface area (Å²) in [6.45, 7) is 1.17. The summed E-state index contributed by atoms with van der Waals surface area (Å²) >= 11 is 5.95. The van der Waals surface area contributed by atoms with Gasteiger partial charge >= 0.3 is 0 Å². The minimum atomic E-state index is -0.694. The lowest BCUT2D eigenvalue weighted by Gasteiger charge is -2.24. The zero-order chi connectivity index (χ0) is 14.4. The molecule has 110 valence electrons. The molecular formula is C14H19ClN2O3. The van der Waals surface area contributed by atoms with Crippen LogP contribution >= 0.6 is 11.6 Å². The first-order chi connectivity index (χ1) is 9.66. The summed E-state index contributed by atoms with van der Waals surface area (Å²) in [5, 5.41) is 16.2. The number of halogens is 1. The number of amides is 1. The van der Waals surface area contributed by atoms with Crippen molar-refractivity contribution in [2.24, 2.45) is 0 Å². The molecule has 6 heteroatoms. The molecule has 1 heterocycles. The van der Waals surface area contributed by atoms with E-state index in [1.807, 2.05) is 12.1 Å². The largest absolute Gasteiger partial charge is 0.489 e. The van der Waals surface area contributed by atoms with Crippen LogP contribution in [0.4, 0.5) is 0 Å². The highest BCUT2D eigenvalue weighted by Crippen LogP contribution is 2.23. The van der Waals surface area contributed by atoms with Crippen molar-refractivity contribution < 1.29 is 14.6 Å². The molecule has 0 spiro atoms. The van der Waals surface area contributed by atoms with E-state index >= 15 is 0 Å². The third-order valence-electron chi connectivity index (χ3n) is 3.15. The Morgan fingerprint density at radius 3 is 3.05 bits per heavy atom. The molecule has 0 aliphatic carbocycles. The smallest absolute Gasteiger partial charge is 0.237 e. The van der Waals surface area contributed by atoms with E-state index in [9.17, 15) is 9.90 Å². The Balaban J connectivity index is 1.71. The van der Waals surface area contributed by atoms with Crippen molar-refractivity contribution in [3.8, 4) is 5.75 Å². The van der Waals surface area contributed by atoms with Crippen molar-refractivity contribution in [2.75, 3.05) is 19.7 Å². The molecule has 0 bridgehead atoms. The van der Waals surface area contributed by atoms with Crippen LogP contribution in [0.15, 0.2) is 24.3 Å². The van der Waals surface area contributed by atoms with Crippen molar-refractivity contribution in [1.82, 2.24) is 10.6 Å². The number of ether oxygens (including phenoxy) is 1. The normalized spacial score (nSPS) is 20.3. The highest BCUT2D eigenvalue weighted by molar-refractivity contribution is 6.32. The van der Waals surface area contributed by atoms with Crippen molar-refractivity contribution in [1.29, 1.82) is 0 Å². The van der Waals surface area contributed by atoms with E-state index in [0.29, 0.717) is 17.3 Å². The van der Waals surface area contributed by atoms with Gasteiger partial charge in [-0.05, 0) is 25.0 Å². The average Bonchev–Trinajstić information content (AvgIpc) is 2.45. The molecule has 1 aromatic rings. The Labute approximate surface area is 123 Å². The molecule has 0 saturated carbocycles. The van der Waals surface area contributed by atoms with Crippen LogP contribution in [0.1, 0.15) is 12.8 Å². The second-order valence-corrected chi connectivity index (χ2v) is 5.20. The highest BCUT2D eigenvalue weighted by atomic mass is 35.5. The molecule has 2 atom stereocenters. The quantitative estimate of drug-likeness (QED) is 0.731. The van der Waals surface area contributed by atoms with Crippen LogP contribution in [0.3, 0.4) is 0 Å². The highest BCUT2D eigenvalue weighted by Gasteiger charge is 2.22. The number of para-hydroxylation sites is 1. The van der Waals surface area contributed by atoms with Gasteiger partial charge in [0, 0.05) is 13.1 Å². The molecule has 1 saturated heterocycles. The Bertz CT molecular complexity index is 456. The summed E-state index contributed by atoms with van der Waals surface area (Å²) in [6.07, 6.45) is 1.06. The zero-order valence-corrected chi connectivity index (χ0v) is 11.9. The van der Waals surface area contributed by atoms with Gasteiger partial charge in [-0.15, -0.1) is 0 Å². The fourth-order valence-corrected chi connectivity index (χ4v) is 2.24. The number of aliphatic hydroxyl groups is 1. The van der Waals surface area contributed by atoms with Crippen LogP contribution in [0.25, 0.3) is 0 Å². The summed E-state index contributed by atoms with van der Waals surface area (Å²) < 4.78 is 5.44. The first kappa shape index (κ1) is 15.1. The molecule has 0 radical (unpaired) electrons. The van der Waals surface area contributed by atoms with Crippen molar-refractivity contribution in [3.05, 3.63) is 29.3 Å². The molecule has 2 unspecified atom stereocenters. The molecule has 1 aliphatic rings. The van der Waals surface area contributed by atoms with Crippen LogP contribution in [0.5, 0.6) is 5.75 Å². The van der Waals surface area contributed by atoms with Crippen molar-refractivity contribution in [3.63, 3.8) is 0 Å². The van der Waals surface area contributed by atoms with Gasteiger partial charge in [-0.25, -0.2) is 0 Å². The molecule has 1 aromatic carbocycles. The molecule has 5 nitrogen and oxygen atoms in total. The fourth-order valence-electron chi connectivity index (χ4n) is 2.05. The summed E-state index contributed by atoms with van der Waals surface area (Å²) in [6, 6.07) is 6.89. The minimum absolute atomic E-state index is 0.00419. The van der Waals surface area contributed by atoms with Gasteiger partial charge in [-0.2, -0.15) is 0 Å². The lowest BCUT2D eigenvalue weighted by atomic mass is 10.1. The van der Waals surface area contributed by atoms with E-state index in [2.05, 4.69) is 10.6 Å². The molecular weight excluding hydrogens is 280 g/mol. The maximum absolute atomic E-state index is 11.5. The van der Waals surface area contributed by atoms with Crippen LogP contribution < -0.4 is 15.4 Å². The van der Waals surface area contributed by atoms with Gasteiger partial charge in [0.05, 0.1) is 11.1 Å².